The van der Waals surface area contributed by atoms with Crippen LogP contribution in [0.15, 0.2) is 30.3 Å². The number of benzene rings is 4. The number of nitriles is 4. The Bertz CT molecular complexity index is 2100. The number of rotatable bonds is 5. The van der Waals surface area contributed by atoms with Crippen LogP contribution in [0.5, 0.6) is 0 Å². The summed E-state index contributed by atoms with van der Waals surface area (Å²) in [4.78, 5) is 18.5. The van der Waals surface area contributed by atoms with Crippen LogP contribution in [-0.4, -0.2) is 19.9 Å². The quantitative estimate of drug-likeness (QED) is 0.160. The maximum Gasteiger partial charge on any atom is 0.177 e. The molecule has 0 aliphatic rings. The minimum atomic E-state index is -0.0264. The summed E-state index contributed by atoms with van der Waals surface area (Å²) in [6, 6.07) is 17.8. The van der Waals surface area contributed by atoms with Gasteiger partial charge in [0.15, 0.2) is 22.8 Å². The summed E-state index contributed by atoms with van der Waals surface area (Å²) in [5, 5.41) is 43.7. The van der Waals surface area contributed by atoms with Crippen LogP contribution >= 0.6 is 0 Å². The van der Waals surface area contributed by atoms with Crippen molar-refractivity contribution in [3.8, 4) is 24.3 Å². The third-order valence-corrected chi connectivity index (χ3v) is 7.12. The topological polar surface area (TPSA) is 147 Å². The van der Waals surface area contributed by atoms with Crippen LogP contribution < -0.4 is 0 Å². The number of nitrogens with zero attached hydrogens (tertiary/aromatic N) is 8. The standard InChI is InChI=1S/C30H18N8/c1-2-3-4-5-7-16-10-11-19-26-24(16)30-29(37-22(14-33)23(15-34)38-30)18-9-6-8-17(25(18)26)27-28(19)36-21(13-32)20(12-31)35-27/h6,8-11H,2-5,7H2,1H3. The highest BCUT2D eigenvalue weighted by Crippen LogP contribution is 2.44. The van der Waals surface area contributed by atoms with E-state index in [9.17, 15) is 21.0 Å². The SMILES string of the molecule is CCCCCCc1ccc2c3nc(C#N)c(C#N)nc3c3cccc4c5nc(C#N)c(C#N)nc5c1c2c34. The molecule has 0 bridgehead atoms. The van der Waals surface area contributed by atoms with Crippen LogP contribution in [0.4, 0.5) is 0 Å². The number of hydrogen-bond donors (Lipinski definition) is 0. The molecule has 4 aromatic carbocycles. The van der Waals surface area contributed by atoms with E-state index in [-0.39, 0.29) is 22.8 Å². The van der Waals surface area contributed by atoms with Gasteiger partial charge in [0.25, 0.3) is 0 Å². The Balaban J connectivity index is 1.88. The Kier molecular flexibility index (Phi) is 5.38. The third-order valence-electron chi connectivity index (χ3n) is 7.12. The molecule has 0 N–H and O–H groups in total. The van der Waals surface area contributed by atoms with Crippen molar-refractivity contribution in [3.05, 3.63) is 58.7 Å². The Labute approximate surface area is 217 Å². The first kappa shape index (κ1) is 23.0. The molecule has 0 unspecified atom stereocenters. The van der Waals surface area contributed by atoms with Crippen molar-refractivity contribution in [2.24, 2.45) is 0 Å². The fourth-order valence-electron chi connectivity index (χ4n) is 5.46. The van der Waals surface area contributed by atoms with E-state index in [1.165, 1.54) is 0 Å². The highest BCUT2D eigenvalue weighted by molar-refractivity contribution is 6.38. The van der Waals surface area contributed by atoms with Gasteiger partial charge >= 0.3 is 0 Å². The summed E-state index contributed by atoms with van der Waals surface area (Å²) in [6.45, 7) is 2.18. The fourth-order valence-corrected chi connectivity index (χ4v) is 5.46. The van der Waals surface area contributed by atoms with Gasteiger partial charge in [0.1, 0.15) is 24.3 Å². The summed E-state index contributed by atoms with van der Waals surface area (Å²) in [5.74, 6) is 0. The monoisotopic (exact) mass is 490 g/mol. The van der Waals surface area contributed by atoms with Crippen molar-refractivity contribution in [2.45, 2.75) is 39.0 Å². The van der Waals surface area contributed by atoms with E-state index in [4.69, 9.17) is 0 Å². The molecule has 6 rings (SSSR count). The van der Waals surface area contributed by atoms with Gasteiger partial charge in [0.2, 0.25) is 0 Å². The number of unbranched alkanes of at least 4 members (excludes halogenated alkanes) is 3. The predicted octanol–water partition coefficient (Wildman–Crippen LogP) is 6.08. The first-order valence-electron chi connectivity index (χ1n) is 12.4. The molecule has 6 aromatic rings. The number of aromatic nitrogens is 4. The zero-order chi connectivity index (χ0) is 26.4. The molecule has 38 heavy (non-hydrogen) atoms. The van der Waals surface area contributed by atoms with Gasteiger partial charge in [-0.1, -0.05) is 56.5 Å². The molecule has 8 heteroatoms. The van der Waals surface area contributed by atoms with Crippen LogP contribution in [0.3, 0.4) is 0 Å². The lowest BCUT2D eigenvalue weighted by Crippen LogP contribution is -2.02. The van der Waals surface area contributed by atoms with Gasteiger partial charge in [-0.2, -0.15) is 21.0 Å². The van der Waals surface area contributed by atoms with Crippen molar-refractivity contribution in [3.63, 3.8) is 0 Å². The van der Waals surface area contributed by atoms with Crippen LogP contribution in [0.2, 0.25) is 0 Å². The molecule has 0 radical (unpaired) electrons. The second-order valence-corrected chi connectivity index (χ2v) is 9.24. The largest absolute Gasteiger partial charge is 0.232 e. The molecular formula is C30H18N8. The Morgan fingerprint density at radius 3 is 1.58 bits per heavy atom. The minimum Gasteiger partial charge on any atom is -0.232 e. The van der Waals surface area contributed by atoms with Crippen LogP contribution in [0.1, 0.15) is 60.9 Å². The maximum atomic E-state index is 9.73. The molecular weight excluding hydrogens is 472 g/mol. The molecule has 0 amide bonds. The average Bonchev–Trinajstić information content (AvgIpc) is 2.97. The van der Waals surface area contributed by atoms with Crippen molar-refractivity contribution >= 4 is 54.4 Å². The molecule has 0 aliphatic carbocycles. The third kappa shape index (κ3) is 3.19. The summed E-state index contributed by atoms with van der Waals surface area (Å²) in [5.41, 5.74) is 3.17. The van der Waals surface area contributed by atoms with E-state index in [2.05, 4.69) is 26.9 Å². The minimum absolute atomic E-state index is 0.0122. The molecule has 0 aliphatic heterocycles. The fraction of sp³-hybridized carbons (Fsp3) is 0.200. The van der Waals surface area contributed by atoms with E-state index in [1.54, 1.807) is 0 Å². The summed E-state index contributed by atoms with van der Waals surface area (Å²) < 4.78 is 0. The second kappa shape index (κ2) is 8.90. The molecule has 0 saturated heterocycles. The zero-order valence-corrected chi connectivity index (χ0v) is 20.5. The number of aryl methyl sites for hydroxylation is 1. The summed E-state index contributed by atoms with van der Waals surface area (Å²) >= 11 is 0. The molecule has 0 fully saturated rings. The average molecular weight is 491 g/mol. The van der Waals surface area contributed by atoms with Crippen LogP contribution in [0, 0.1) is 45.3 Å². The van der Waals surface area contributed by atoms with Gasteiger partial charge in [-0.3, -0.25) is 0 Å². The zero-order valence-electron chi connectivity index (χ0n) is 20.5. The van der Waals surface area contributed by atoms with Gasteiger partial charge in [0, 0.05) is 32.3 Å². The van der Waals surface area contributed by atoms with E-state index in [0.29, 0.717) is 22.1 Å². The lowest BCUT2D eigenvalue weighted by atomic mass is 9.87. The van der Waals surface area contributed by atoms with Gasteiger partial charge in [-0.15, -0.1) is 0 Å². The molecule has 0 atom stereocenters. The van der Waals surface area contributed by atoms with Crippen LogP contribution in [0.25, 0.3) is 54.4 Å². The van der Waals surface area contributed by atoms with Crippen molar-refractivity contribution in [1.29, 1.82) is 21.0 Å². The second-order valence-electron chi connectivity index (χ2n) is 9.24. The molecule has 0 saturated carbocycles. The van der Waals surface area contributed by atoms with Gasteiger partial charge < -0.3 is 0 Å². The molecule has 0 spiro atoms. The Morgan fingerprint density at radius 1 is 0.553 bits per heavy atom. The predicted molar refractivity (Wildman–Crippen MR) is 143 cm³/mol. The van der Waals surface area contributed by atoms with Gasteiger partial charge in [-0.05, 0) is 18.4 Å². The first-order valence-corrected chi connectivity index (χ1v) is 12.4. The lowest BCUT2D eigenvalue weighted by molar-refractivity contribution is 0.668. The van der Waals surface area contributed by atoms with E-state index >= 15 is 0 Å². The summed E-state index contributed by atoms with van der Waals surface area (Å²) in [6.07, 6.45) is 5.19. The number of fused-ring (bicyclic) bond motifs is 6. The van der Waals surface area contributed by atoms with Gasteiger partial charge in [-0.25, -0.2) is 19.9 Å². The van der Waals surface area contributed by atoms with Crippen molar-refractivity contribution < 1.29 is 0 Å². The first-order chi connectivity index (χ1) is 18.6. The van der Waals surface area contributed by atoms with E-state index in [0.717, 1.165) is 70.0 Å². The normalized spacial score (nSPS) is 11.2. The van der Waals surface area contributed by atoms with E-state index < -0.39 is 0 Å². The van der Waals surface area contributed by atoms with E-state index in [1.807, 2.05) is 54.6 Å². The number of hydrogen-bond acceptors (Lipinski definition) is 8. The van der Waals surface area contributed by atoms with Crippen molar-refractivity contribution in [2.75, 3.05) is 0 Å². The molecule has 2 aromatic heterocycles. The molecule has 178 valence electrons. The maximum absolute atomic E-state index is 9.73. The molecule has 2 heterocycles. The lowest BCUT2D eigenvalue weighted by Gasteiger charge is -2.18. The van der Waals surface area contributed by atoms with Crippen LogP contribution in [-0.2, 0) is 6.42 Å². The highest BCUT2D eigenvalue weighted by atomic mass is 14.8. The summed E-state index contributed by atoms with van der Waals surface area (Å²) in [7, 11) is 0. The Morgan fingerprint density at radius 2 is 1.05 bits per heavy atom. The Hall–Kier alpha value is -5.44. The van der Waals surface area contributed by atoms with Crippen molar-refractivity contribution in [1.82, 2.24) is 19.9 Å². The highest BCUT2D eigenvalue weighted by Gasteiger charge is 2.24. The smallest absolute Gasteiger partial charge is 0.177 e. The molecule has 8 nitrogen and oxygen atoms in total. The van der Waals surface area contributed by atoms with Gasteiger partial charge in [0.05, 0.1) is 22.1 Å².